The largest absolute Gasteiger partial charge is 0.441 e. The van der Waals surface area contributed by atoms with Crippen molar-refractivity contribution in [1.29, 1.82) is 0 Å². The Morgan fingerprint density at radius 3 is 2.57 bits per heavy atom. The molecule has 3 rings (SSSR count). The van der Waals surface area contributed by atoms with E-state index < -0.39 is 20.9 Å². The maximum Gasteiger partial charge on any atom is 0.273 e. The summed E-state index contributed by atoms with van der Waals surface area (Å²) in [7, 11) is -3.96. The number of aromatic nitrogens is 1. The number of nitro groups is 1. The molecular weight excluding hydrogens is 412 g/mol. The molecule has 2 N–H and O–H groups in total. The zero-order valence-corrected chi connectivity index (χ0v) is 16.7. The quantitative estimate of drug-likeness (QED) is 0.317. The number of nitrogens with zero attached hydrogens (tertiary/aromatic N) is 2. The summed E-state index contributed by atoms with van der Waals surface area (Å²) in [5.74, 6) is 0.140. The van der Waals surface area contributed by atoms with Gasteiger partial charge in [0.2, 0.25) is 15.9 Å². The monoisotopic (exact) mass is 430 g/mol. The molecule has 0 bridgehead atoms. The Morgan fingerprint density at radius 2 is 1.87 bits per heavy atom. The van der Waals surface area contributed by atoms with Gasteiger partial charge in [-0.3, -0.25) is 14.9 Å². The summed E-state index contributed by atoms with van der Waals surface area (Å²) in [5.41, 5.74) is 0.502. The highest BCUT2D eigenvalue weighted by molar-refractivity contribution is 7.89. The van der Waals surface area contributed by atoms with Crippen LogP contribution in [0, 0.1) is 17.0 Å². The lowest BCUT2D eigenvalue weighted by molar-refractivity contribution is -0.385. The van der Waals surface area contributed by atoms with Gasteiger partial charge in [-0.15, -0.1) is 0 Å². The standard InChI is InChI=1S/C19H18N4O6S/c1-13-17(22-19(29-13)14-6-3-2-4-7-14)18(24)20-10-11-21-30(27,28)16-9-5-8-15(12-16)23(25)26/h2-9,12,21H,10-11H2,1H3,(H,20,24). The van der Waals surface area contributed by atoms with Crippen LogP contribution in [-0.2, 0) is 10.0 Å². The lowest BCUT2D eigenvalue weighted by Gasteiger charge is -2.07. The molecule has 0 fully saturated rings. The van der Waals surface area contributed by atoms with Crippen molar-refractivity contribution in [3.8, 4) is 11.5 Å². The smallest absolute Gasteiger partial charge is 0.273 e. The van der Waals surface area contributed by atoms with Crippen LogP contribution >= 0.6 is 0 Å². The van der Waals surface area contributed by atoms with E-state index in [0.717, 1.165) is 11.6 Å². The highest BCUT2D eigenvalue weighted by atomic mass is 32.2. The van der Waals surface area contributed by atoms with Crippen molar-refractivity contribution in [3.63, 3.8) is 0 Å². The third kappa shape index (κ3) is 4.88. The Bertz CT molecular complexity index is 1170. The minimum absolute atomic E-state index is 0.0139. The second-order valence-corrected chi connectivity index (χ2v) is 7.96. The van der Waals surface area contributed by atoms with Gasteiger partial charge in [0.25, 0.3) is 11.6 Å². The second kappa shape index (κ2) is 8.84. The van der Waals surface area contributed by atoms with Crippen molar-refractivity contribution in [3.05, 3.63) is 76.2 Å². The van der Waals surface area contributed by atoms with Gasteiger partial charge in [-0.2, -0.15) is 0 Å². The first-order valence-corrected chi connectivity index (χ1v) is 10.3. The number of aryl methyl sites for hydroxylation is 1. The molecule has 0 saturated carbocycles. The van der Waals surface area contributed by atoms with Crippen molar-refractivity contribution in [2.75, 3.05) is 13.1 Å². The summed E-state index contributed by atoms with van der Waals surface area (Å²) in [4.78, 5) is 26.4. The molecule has 0 aliphatic rings. The number of carbonyl (C=O) groups excluding carboxylic acids is 1. The molecule has 2 aromatic carbocycles. The highest BCUT2D eigenvalue weighted by Crippen LogP contribution is 2.21. The average Bonchev–Trinajstić information content (AvgIpc) is 3.13. The fourth-order valence-electron chi connectivity index (χ4n) is 2.60. The van der Waals surface area contributed by atoms with Crippen LogP contribution in [0.25, 0.3) is 11.5 Å². The van der Waals surface area contributed by atoms with E-state index in [4.69, 9.17) is 4.42 Å². The first-order chi connectivity index (χ1) is 14.3. The normalized spacial score (nSPS) is 11.2. The summed E-state index contributed by atoms with van der Waals surface area (Å²) in [6.45, 7) is 1.48. The van der Waals surface area contributed by atoms with Gasteiger partial charge in [0, 0.05) is 30.8 Å². The molecule has 30 heavy (non-hydrogen) atoms. The van der Waals surface area contributed by atoms with Crippen LogP contribution in [0.1, 0.15) is 16.2 Å². The summed E-state index contributed by atoms with van der Waals surface area (Å²) in [5, 5.41) is 13.4. The molecule has 1 aromatic heterocycles. The number of benzene rings is 2. The number of hydrogen-bond donors (Lipinski definition) is 2. The van der Waals surface area contributed by atoms with Gasteiger partial charge in [0.1, 0.15) is 5.76 Å². The van der Waals surface area contributed by atoms with E-state index in [-0.39, 0.29) is 29.4 Å². The Kier molecular flexibility index (Phi) is 6.23. The highest BCUT2D eigenvalue weighted by Gasteiger charge is 2.19. The number of rotatable bonds is 8. The molecule has 0 saturated heterocycles. The fourth-order valence-corrected chi connectivity index (χ4v) is 3.68. The lowest BCUT2D eigenvalue weighted by atomic mass is 10.2. The summed E-state index contributed by atoms with van der Waals surface area (Å²) in [6.07, 6.45) is 0. The molecule has 0 atom stereocenters. The van der Waals surface area contributed by atoms with Crippen molar-refractivity contribution >= 4 is 21.6 Å². The second-order valence-electron chi connectivity index (χ2n) is 6.20. The third-order valence-corrected chi connectivity index (χ3v) is 5.53. The third-order valence-electron chi connectivity index (χ3n) is 4.07. The van der Waals surface area contributed by atoms with E-state index in [1.54, 1.807) is 19.1 Å². The fraction of sp³-hybridized carbons (Fsp3) is 0.158. The summed E-state index contributed by atoms with van der Waals surface area (Å²) < 4.78 is 32.3. The van der Waals surface area contributed by atoms with Crippen LogP contribution in [0.4, 0.5) is 5.69 Å². The van der Waals surface area contributed by atoms with E-state index in [1.807, 2.05) is 18.2 Å². The number of non-ortho nitro benzene ring substituents is 1. The van der Waals surface area contributed by atoms with Crippen molar-refractivity contribution in [2.45, 2.75) is 11.8 Å². The summed E-state index contributed by atoms with van der Waals surface area (Å²) >= 11 is 0. The Balaban J connectivity index is 1.58. The minimum atomic E-state index is -3.96. The van der Waals surface area contributed by atoms with Crippen LogP contribution in [-0.4, -0.2) is 37.3 Å². The van der Waals surface area contributed by atoms with E-state index in [2.05, 4.69) is 15.0 Å². The number of nitro benzene ring substituents is 1. The van der Waals surface area contributed by atoms with Crippen LogP contribution in [0.2, 0.25) is 0 Å². The minimum Gasteiger partial charge on any atom is -0.441 e. The molecule has 0 radical (unpaired) electrons. The Morgan fingerprint density at radius 1 is 1.13 bits per heavy atom. The first kappa shape index (κ1) is 21.1. The van der Waals surface area contributed by atoms with Gasteiger partial charge < -0.3 is 9.73 Å². The van der Waals surface area contributed by atoms with E-state index in [9.17, 15) is 23.3 Å². The van der Waals surface area contributed by atoms with Gasteiger partial charge in [0.05, 0.1) is 9.82 Å². The lowest BCUT2D eigenvalue weighted by Crippen LogP contribution is -2.35. The molecule has 156 valence electrons. The van der Waals surface area contributed by atoms with Crippen molar-refractivity contribution < 1.29 is 22.6 Å². The molecule has 0 aliphatic heterocycles. The Labute approximate surface area is 172 Å². The predicted octanol–water partition coefficient (Wildman–Crippen LogP) is 2.27. The number of amides is 1. The maximum atomic E-state index is 12.3. The molecule has 0 spiro atoms. The van der Waals surface area contributed by atoms with Crippen LogP contribution in [0.5, 0.6) is 0 Å². The van der Waals surface area contributed by atoms with Gasteiger partial charge in [-0.25, -0.2) is 18.1 Å². The number of sulfonamides is 1. The van der Waals surface area contributed by atoms with E-state index in [0.29, 0.717) is 11.7 Å². The zero-order valence-electron chi connectivity index (χ0n) is 15.9. The van der Waals surface area contributed by atoms with Gasteiger partial charge in [0.15, 0.2) is 5.69 Å². The van der Waals surface area contributed by atoms with Gasteiger partial charge in [-0.05, 0) is 25.1 Å². The maximum absolute atomic E-state index is 12.3. The molecule has 10 nitrogen and oxygen atoms in total. The number of nitrogens with one attached hydrogen (secondary N) is 2. The van der Waals surface area contributed by atoms with Crippen LogP contribution in [0.3, 0.4) is 0 Å². The predicted molar refractivity (Wildman–Crippen MR) is 107 cm³/mol. The molecule has 0 aliphatic carbocycles. The summed E-state index contributed by atoms with van der Waals surface area (Å²) in [6, 6.07) is 13.8. The molecule has 3 aromatic rings. The molecule has 11 heteroatoms. The van der Waals surface area contributed by atoms with Crippen molar-refractivity contribution in [1.82, 2.24) is 15.0 Å². The molecule has 1 heterocycles. The first-order valence-electron chi connectivity index (χ1n) is 8.83. The molecule has 0 unspecified atom stereocenters. The average molecular weight is 430 g/mol. The van der Waals surface area contributed by atoms with Gasteiger partial charge in [-0.1, -0.05) is 24.3 Å². The Hall–Kier alpha value is -3.57. The number of carbonyl (C=O) groups is 1. The number of hydrogen-bond acceptors (Lipinski definition) is 7. The zero-order chi connectivity index (χ0) is 21.7. The van der Waals surface area contributed by atoms with Crippen LogP contribution < -0.4 is 10.0 Å². The number of oxazole rings is 1. The van der Waals surface area contributed by atoms with E-state index >= 15 is 0 Å². The molecule has 1 amide bonds. The topological polar surface area (TPSA) is 144 Å². The van der Waals surface area contributed by atoms with E-state index in [1.165, 1.54) is 18.2 Å². The van der Waals surface area contributed by atoms with Gasteiger partial charge >= 0.3 is 0 Å². The SMILES string of the molecule is Cc1oc(-c2ccccc2)nc1C(=O)NCCNS(=O)(=O)c1cccc([N+](=O)[O-])c1. The molecular formula is C19H18N4O6S. The van der Waals surface area contributed by atoms with Crippen molar-refractivity contribution in [2.24, 2.45) is 0 Å². The van der Waals surface area contributed by atoms with Crippen LogP contribution in [0.15, 0.2) is 63.9 Å².